The lowest BCUT2D eigenvalue weighted by molar-refractivity contribution is -0.00000412. The maximum Gasteiger partial charge on any atom is 0.327 e. The van der Waals surface area contributed by atoms with E-state index in [4.69, 9.17) is 4.42 Å². The molecule has 0 amide bonds. The zero-order valence-electron chi connectivity index (χ0n) is 9.94. The van der Waals surface area contributed by atoms with Crippen LogP contribution in [-0.2, 0) is 5.75 Å². The Morgan fingerprint density at radius 1 is 1.00 bits per heavy atom. The fourth-order valence-electron chi connectivity index (χ4n) is 1.58. The van der Waals surface area contributed by atoms with Crippen LogP contribution >= 0.6 is 11.8 Å². The number of halogens is 1. The lowest BCUT2D eigenvalue weighted by atomic mass is 10.2. The Morgan fingerprint density at radius 2 is 1.59 bits per heavy atom. The first-order valence-electron chi connectivity index (χ1n) is 5.32. The van der Waals surface area contributed by atoms with Gasteiger partial charge in [0.15, 0.2) is 0 Å². The van der Waals surface area contributed by atoms with E-state index in [-0.39, 0.29) is 24.0 Å². The normalized spacial score (nSPS) is 9.76. The average molecular weight is 358 g/mol. The van der Waals surface area contributed by atoms with Gasteiger partial charge in [-0.05, 0) is 5.56 Å². The third-order valence-corrected chi connectivity index (χ3v) is 3.31. The van der Waals surface area contributed by atoms with E-state index in [0.29, 0.717) is 0 Å². The zero-order chi connectivity index (χ0) is 11.4. The van der Waals surface area contributed by atoms with E-state index in [2.05, 4.69) is 36.4 Å². The molecule has 0 N–H and O–H groups in total. The Morgan fingerprint density at radius 3 is 2.18 bits per heavy atom. The predicted octanol–water partition coefficient (Wildman–Crippen LogP) is 1.47. The minimum Gasteiger partial charge on any atom is -1.00 e. The third kappa shape index (κ3) is 4.68. The summed E-state index contributed by atoms with van der Waals surface area (Å²) in [4.78, 5) is 1.27. The van der Waals surface area contributed by atoms with Gasteiger partial charge in [-0.25, -0.2) is 4.42 Å². The first kappa shape index (κ1) is 14.5. The van der Waals surface area contributed by atoms with E-state index >= 15 is 0 Å². The molecule has 0 saturated carbocycles. The number of aryl methyl sites for hydroxylation is 2. The smallest absolute Gasteiger partial charge is 0.327 e. The molecule has 0 aliphatic rings. The highest BCUT2D eigenvalue weighted by Crippen LogP contribution is 2.24. The van der Waals surface area contributed by atoms with Gasteiger partial charge in [0.05, 0.1) is 26.0 Å². The molecule has 0 atom stereocenters. The molecule has 0 spiro atoms. The SMILES string of the molecule is Cc1cc(SCc2ccccc2)cc(C)[o+]1.[I-]. The van der Waals surface area contributed by atoms with E-state index in [0.717, 1.165) is 17.3 Å². The Kier molecular flexibility index (Phi) is 5.98. The van der Waals surface area contributed by atoms with Crippen LogP contribution in [0.5, 0.6) is 0 Å². The maximum atomic E-state index is 5.46. The Labute approximate surface area is 124 Å². The zero-order valence-corrected chi connectivity index (χ0v) is 12.9. The van der Waals surface area contributed by atoms with Gasteiger partial charge < -0.3 is 24.0 Å². The van der Waals surface area contributed by atoms with Crippen molar-refractivity contribution in [3.8, 4) is 0 Å². The average Bonchev–Trinajstić information content (AvgIpc) is 2.27. The molecule has 0 unspecified atom stereocenters. The summed E-state index contributed by atoms with van der Waals surface area (Å²) in [7, 11) is 0. The lowest BCUT2D eigenvalue weighted by Gasteiger charge is -2.00. The second-order valence-electron chi connectivity index (χ2n) is 3.79. The molecule has 3 heteroatoms. The van der Waals surface area contributed by atoms with E-state index in [1.165, 1.54) is 10.5 Å². The predicted molar refractivity (Wildman–Crippen MR) is 68.6 cm³/mol. The van der Waals surface area contributed by atoms with Gasteiger partial charge in [0, 0.05) is 10.6 Å². The van der Waals surface area contributed by atoms with Gasteiger partial charge in [-0.3, -0.25) is 0 Å². The van der Waals surface area contributed by atoms with Crippen molar-refractivity contribution in [2.24, 2.45) is 0 Å². The highest BCUT2D eigenvalue weighted by molar-refractivity contribution is 7.98. The minimum absolute atomic E-state index is 0. The number of hydrogen-bond acceptors (Lipinski definition) is 1. The van der Waals surface area contributed by atoms with E-state index in [1.54, 1.807) is 0 Å². The fourth-order valence-corrected chi connectivity index (χ4v) is 2.60. The molecule has 2 aromatic rings. The van der Waals surface area contributed by atoms with Crippen molar-refractivity contribution in [1.82, 2.24) is 0 Å². The van der Waals surface area contributed by atoms with Crippen LogP contribution in [0.4, 0.5) is 0 Å². The summed E-state index contributed by atoms with van der Waals surface area (Å²) in [5.74, 6) is 2.94. The molecule has 1 heterocycles. The van der Waals surface area contributed by atoms with Gasteiger partial charge in [0.25, 0.3) is 0 Å². The van der Waals surface area contributed by atoms with Crippen molar-refractivity contribution in [2.75, 3.05) is 0 Å². The number of benzene rings is 1. The maximum absolute atomic E-state index is 5.46. The molecule has 0 saturated heterocycles. The molecule has 1 aromatic heterocycles. The van der Waals surface area contributed by atoms with E-state index in [1.807, 2.05) is 31.7 Å². The van der Waals surface area contributed by atoms with Crippen molar-refractivity contribution in [3.05, 3.63) is 59.5 Å². The van der Waals surface area contributed by atoms with Crippen molar-refractivity contribution in [3.63, 3.8) is 0 Å². The fraction of sp³-hybridized carbons (Fsp3) is 0.214. The van der Waals surface area contributed by atoms with Crippen LogP contribution in [0.25, 0.3) is 0 Å². The van der Waals surface area contributed by atoms with Gasteiger partial charge in [-0.15, -0.1) is 11.8 Å². The minimum atomic E-state index is 0. The third-order valence-electron chi connectivity index (χ3n) is 2.26. The molecule has 1 nitrogen and oxygen atoms in total. The van der Waals surface area contributed by atoms with Gasteiger partial charge in [0.1, 0.15) is 0 Å². The van der Waals surface area contributed by atoms with Crippen LogP contribution in [0.15, 0.2) is 51.8 Å². The molecular formula is C14H15IOS. The number of hydrogen-bond donors (Lipinski definition) is 0. The highest BCUT2D eigenvalue weighted by atomic mass is 127. The number of rotatable bonds is 3. The molecular weight excluding hydrogens is 343 g/mol. The van der Waals surface area contributed by atoms with Crippen LogP contribution in [0.3, 0.4) is 0 Å². The topological polar surface area (TPSA) is 11.3 Å². The molecule has 1 aromatic carbocycles. The first-order chi connectivity index (χ1) is 7.74. The Bertz CT molecular complexity index is 451. The second-order valence-corrected chi connectivity index (χ2v) is 4.84. The monoisotopic (exact) mass is 358 g/mol. The molecule has 0 aliphatic heterocycles. The second kappa shape index (κ2) is 7.01. The summed E-state index contributed by atoms with van der Waals surface area (Å²) in [5.41, 5.74) is 1.35. The number of thioether (sulfide) groups is 1. The van der Waals surface area contributed by atoms with Gasteiger partial charge >= 0.3 is 11.5 Å². The van der Waals surface area contributed by atoms with Crippen LogP contribution in [0.2, 0.25) is 0 Å². The Hall–Kier alpha value is -0.550. The van der Waals surface area contributed by atoms with Crippen molar-refractivity contribution >= 4 is 11.8 Å². The molecule has 2 rings (SSSR count). The first-order valence-corrected chi connectivity index (χ1v) is 6.31. The summed E-state index contributed by atoms with van der Waals surface area (Å²) in [6.45, 7) is 3.97. The quantitative estimate of drug-likeness (QED) is 0.468. The van der Waals surface area contributed by atoms with Crippen LogP contribution in [-0.4, -0.2) is 0 Å². The summed E-state index contributed by atoms with van der Waals surface area (Å²) >= 11 is 1.84. The van der Waals surface area contributed by atoms with Crippen molar-refractivity contribution in [1.29, 1.82) is 0 Å². The van der Waals surface area contributed by atoms with Gasteiger partial charge in [-0.2, -0.15) is 0 Å². The lowest BCUT2D eigenvalue weighted by Crippen LogP contribution is -3.00. The van der Waals surface area contributed by atoms with Crippen LogP contribution in [0.1, 0.15) is 17.1 Å². The van der Waals surface area contributed by atoms with Gasteiger partial charge in [0.2, 0.25) is 0 Å². The van der Waals surface area contributed by atoms with E-state index in [9.17, 15) is 0 Å². The summed E-state index contributed by atoms with van der Waals surface area (Å²) in [6, 6.07) is 14.7. The highest BCUT2D eigenvalue weighted by Gasteiger charge is 2.08. The Balaban J connectivity index is 0.00000144. The van der Waals surface area contributed by atoms with Crippen molar-refractivity contribution in [2.45, 2.75) is 24.5 Å². The largest absolute Gasteiger partial charge is 1.00 e. The van der Waals surface area contributed by atoms with Crippen LogP contribution < -0.4 is 24.0 Å². The van der Waals surface area contributed by atoms with E-state index < -0.39 is 0 Å². The molecule has 0 radical (unpaired) electrons. The molecule has 90 valence electrons. The summed E-state index contributed by atoms with van der Waals surface area (Å²) in [5, 5.41) is 0. The summed E-state index contributed by atoms with van der Waals surface area (Å²) < 4.78 is 5.46. The summed E-state index contributed by atoms with van der Waals surface area (Å²) in [6.07, 6.45) is 0. The standard InChI is InChI=1S/C14H15OS.HI/c1-11-8-14(9-12(2)15-11)16-10-13-6-4-3-5-7-13;/h3-9H,10H2,1-2H3;1H/q+1;/p-1. The molecule has 0 fully saturated rings. The molecule has 0 bridgehead atoms. The molecule has 0 aliphatic carbocycles. The van der Waals surface area contributed by atoms with Crippen molar-refractivity contribution < 1.29 is 28.4 Å². The molecule has 17 heavy (non-hydrogen) atoms. The van der Waals surface area contributed by atoms with Gasteiger partial charge in [-0.1, -0.05) is 30.3 Å². The van der Waals surface area contributed by atoms with Crippen LogP contribution in [0, 0.1) is 13.8 Å².